The van der Waals surface area contributed by atoms with Crippen LogP contribution in [0.4, 0.5) is 0 Å². The van der Waals surface area contributed by atoms with E-state index < -0.39 is 87.7 Å². The summed E-state index contributed by atoms with van der Waals surface area (Å²) in [5.74, 6) is -3.43. The van der Waals surface area contributed by atoms with E-state index in [4.69, 9.17) is 14.0 Å². The fourth-order valence-corrected chi connectivity index (χ4v) is 4.35. The highest BCUT2D eigenvalue weighted by Crippen LogP contribution is 2.41. The highest BCUT2D eigenvalue weighted by molar-refractivity contribution is 7.81. The number of aliphatic hydroxyl groups is 4. The van der Waals surface area contributed by atoms with Crippen molar-refractivity contribution in [3.05, 3.63) is 52.1 Å². The third kappa shape index (κ3) is 4.48. The molecule has 0 aromatic heterocycles. The van der Waals surface area contributed by atoms with Gasteiger partial charge in [-0.1, -0.05) is 0 Å². The summed E-state index contributed by atoms with van der Waals surface area (Å²) in [5, 5.41) is 50.0. The Hall–Kier alpha value is -3.11. The molecule has 1 heterocycles. The van der Waals surface area contributed by atoms with Crippen molar-refractivity contribution < 1.29 is 61.7 Å². The van der Waals surface area contributed by atoms with Crippen LogP contribution < -0.4 is 8.92 Å². The number of ether oxygens (including phenoxy) is 2. The zero-order chi connectivity index (χ0) is 25.8. The molecule has 0 amide bonds. The molecule has 2 aromatic carbocycles. The smallest absolute Gasteiger partial charge is 0.446 e. The zero-order valence-corrected chi connectivity index (χ0v) is 18.7. The topological polar surface area (TPSA) is 217 Å². The number of hydrogen-bond donors (Lipinski definition) is 6. The van der Waals surface area contributed by atoms with Crippen LogP contribution in [0.15, 0.2) is 24.3 Å². The maximum Gasteiger partial charge on any atom is 0.446 e. The van der Waals surface area contributed by atoms with Crippen LogP contribution >= 0.6 is 0 Å². The molecule has 13 nitrogen and oxygen atoms in total. The first-order valence-electron chi connectivity index (χ1n) is 10.1. The second-order valence-corrected chi connectivity index (χ2v) is 9.06. The number of fused-ring (bicyclic) bond motifs is 2. The molecule has 0 saturated carbocycles. The minimum Gasteiger partial charge on any atom is -0.507 e. The van der Waals surface area contributed by atoms with E-state index in [1.54, 1.807) is 6.92 Å². The summed E-state index contributed by atoms with van der Waals surface area (Å²) in [6, 6.07) is 4.26. The SMILES string of the molecule is Cc1cc(O)c2c(c1)C(=O)c1cc(OS(=O)(=O)O)cc(O[C@H]3O[C@H](CO)[C@@H](O)[C@H](O)[C@@H]3O)c1C2=O. The van der Waals surface area contributed by atoms with Gasteiger partial charge in [-0.3, -0.25) is 14.1 Å². The summed E-state index contributed by atoms with van der Waals surface area (Å²) in [5.41, 5.74) is -0.943. The Labute approximate surface area is 197 Å². The molecule has 1 saturated heterocycles. The molecule has 2 aliphatic rings. The second kappa shape index (κ2) is 8.83. The number of carbonyl (C=O) groups is 2. The van der Waals surface area contributed by atoms with Gasteiger partial charge >= 0.3 is 10.4 Å². The lowest BCUT2D eigenvalue weighted by Gasteiger charge is -2.39. The standard InChI is InChI=1S/C21H20O13S/c1-7-2-9-14(11(23)3-7)18(26)15-10(16(9)24)4-8(34-35(29,30)31)5-12(15)32-21-20(28)19(27)17(25)13(6-22)33-21/h2-5,13,17,19-23,25,27-28H,6H2,1H3,(H,29,30,31)/t13-,17-,19+,20+,21+/m1/s1. The highest BCUT2D eigenvalue weighted by Gasteiger charge is 2.46. The number of phenolic OH excluding ortho intramolecular Hbond substituents is 1. The largest absolute Gasteiger partial charge is 0.507 e. The number of aromatic hydroxyl groups is 1. The summed E-state index contributed by atoms with van der Waals surface area (Å²) in [4.78, 5) is 26.5. The Morgan fingerprint density at radius 2 is 1.60 bits per heavy atom. The van der Waals surface area contributed by atoms with E-state index in [1.807, 2.05) is 0 Å². The first-order valence-corrected chi connectivity index (χ1v) is 11.4. The number of carbonyl (C=O) groups excluding carboxylic acids is 2. The number of benzene rings is 2. The third-order valence-corrected chi connectivity index (χ3v) is 5.98. The Morgan fingerprint density at radius 3 is 2.23 bits per heavy atom. The summed E-state index contributed by atoms with van der Waals surface area (Å²) in [7, 11) is -5.08. The van der Waals surface area contributed by atoms with Crippen LogP contribution in [0, 0.1) is 6.92 Å². The maximum absolute atomic E-state index is 13.3. The minimum absolute atomic E-state index is 0.178. The van der Waals surface area contributed by atoms with Gasteiger partial charge in [0.05, 0.1) is 17.7 Å². The lowest BCUT2D eigenvalue weighted by molar-refractivity contribution is -0.277. The van der Waals surface area contributed by atoms with Crippen LogP contribution in [0.5, 0.6) is 17.2 Å². The minimum atomic E-state index is -5.08. The van der Waals surface area contributed by atoms with Crippen molar-refractivity contribution in [2.75, 3.05) is 6.61 Å². The molecule has 4 rings (SSSR count). The third-order valence-electron chi connectivity index (χ3n) is 5.57. The molecule has 188 valence electrons. The van der Waals surface area contributed by atoms with Gasteiger partial charge in [0.25, 0.3) is 0 Å². The maximum atomic E-state index is 13.3. The van der Waals surface area contributed by atoms with E-state index in [-0.39, 0.29) is 11.1 Å². The van der Waals surface area contributed by atoms with Crippen molar-refractivity contribution in [2.24, 2.45) is 0 Å². The summed E-state index contributed by atoms with van der Waals surface area (Å²) in [6.45, 7) is 0.783. The molecule has 5 atom stereocenters. The van der Waals surface area contributed by atoms with Gasteiger partial charge in [0.15, 0.2) is 5.78 Å². The molecule has 6 N–H and O–H groups in total. The fourth-order valence-electron chi connectivity index (χ4n) is 4.01. The molecule has 0 radical (unpaired) electrons. The fraction of sp³-hybridized carbons (Fsp3) is 0.333. The van der Waals surface area contributed by atoms with E-state index in [2.05, 4.69) is 4.18 Å². The number of hydrogen-bond acceptors (Lipinski definition) is 12. The van der Waals surface area contributed by atoms with Gasteiger partial charge in [0.1, 0.15) is 41.7 Å². The van der Waals surface area contributed by atoms with Gasteiger partial charge < -0.3 is 39.2 Å². The van der Waals surface area contributed by atoms with E-state index >= 15 is 0 Å². The van der Waals surface area contributed by atoms with Crippen LogP contribution in [0.25, 0.3) is 0 Å². The van der Waals surface area contributed by atoms with Gasteiger partial charge in [0.2, 0.25) is 12.1 Å². The lowest BCUT2D eigenvalue weighted by Crippen LogP contribution is -2.60. The van der Waals surface area contributed by atoms with E-state index in [0.29, 0.717) is 5.56 Å². The summed E-state index contributed by atoms with van der Waals surface area (Å²) >= 11 is 0. The predicted molar refractivity (Wildman–Crippen MR) is 113 cm³/mol. The number of aliphatic hydroxyl groups excluding tert-OH is 4. The van der Waals surface area contributed by atoms with E-state index in [0.717, 1.165) is 12.1 Å². The summed E-state index contributed by atoms with van der Waals surface area (Å²) < 4.78 is 46.8. The van der Waals surface area contributed by atoms with Crippen molar-refractivity contribution in [2.45, 2.75) is 37.6 Å². The van der Waals surface area contributed by atoms with Crippen LogP contribution in [0.3, 0.4) is 0 Å². The quantitative estimate of drug-likeness (QED) is 0.223. The van der Waals surface area contributed by atoms with Crippen molar-refractivity contribution >= 4 is 22.0 Å². The average Bonchev–Trinajstić information content (AvgIpc) is 2.75. The first-order chi connectivity index (χ1) is 16.3. The Morgan fingerprint density at radius 1 is 0.943 bits per heavy atom. The average molecular weight is 512 g/mol. The molecule has 0 spiro atoms. The highest BCUT2D eigenvalue weighted by atomic mass is 32.3. The van der Waals surface area contributed by atoms with Crippen LogP contribution in [0.1, 0.15) is 37.4 Å². The molecule has 14 heteroatoms. The molecule has 1 aliphatic heterocycles. The number of rotatable bonds is 5. The van der Waals surface area contributed by atoms with Gasteiger partial charge in [0, 0.05) is 17.2 Å². The molecular weight excluding hydrogens is 492 g/mol. The van der Waals surface area contributed by atoms with E-state index in [1.165, 1.54) is 12.1 Å². The molecule has 1 fully saturated rings. The molecule has 35 heavy (non-hydrogen) atoms. The lowest BCUT2D eigenvalue weighted by atomic mass is 9.82. The Kier molecular flexibility index (Phi) is 6.31. The van der Waals surface area contributed by atoms with Crippen molar-refractivity contribution in [1.82, 2.24) is 0 Å². The second-order valence-electron chi connectivity index (χ2n) is 8.04. The summed E-state index contributed by atoms with van der Waals surface area (Å²) in [6.07, 6.45) is -8.66. The Bertz CT molecular complexity index is 1320. The Balaban J connectivity index is 1.87. The van der Waals surface area contributed by atoms with Crippen molar-refractivity contribution in [1.29, 1.82) is 0 Å². The van der Waals surface area contributed by atoms with Gasteiger partial charge in [-0.15, -0.1) is 0 Å². The molecule has 0 unspecified atom stereocenters. The monoisotopic (exact) mass is 512 g/mol. The zero-order valence-electron chi connectivity index (χ0n) is 17.9. The molecule has 2 aromatic rings. The van der Waals surface area contributed by atoms with Gasteiger partial charge in [-0.05, 0) is 30.7 Å². The molecular formula is C21H20O13S. The van der Waals surface area contributed by atoms with Crippen molar-refractivity contribution in [3.8, 4) is 17.2 Å². The number of aryl methyl sites for hydroxylation is 1. The normalized spacial score (nSPS) is 26.2. The number of phenols is 1. The predicted octanol–water partition coefficient (Wildman–Crippen LogP) is -1.16. The van der Waals surface area contributed by atoms with Crippen molar-refractivity contribution in [3.63, 3.8) is 0 Å². The molecule has 0 bridgehead atoms. The van der Waals surface area contributed by atoms with E-state index in [9.17, 15) is 43.5 Å². The van der Waals surface area contributed by atoms with Crippen LogP contribution in [0.2, 0.25) is 0 Å². The van der Waals surface area contributed by atoms with Crippen LogP contribution in [-0.4, -0.2) is 87.4 Å². The van der Waals surface area contributed by atoms with Crippen LogP contribution in [-0.2, 0) is 15.1 Å². The van der Waals surface area contributed by atoms with Gasteiger partial charge in [-0.2, -0.15) is 8.42 Å². The molecule has 1 aliphatic carbocycles. The number of ketones is 2. The van der Waals surface area contributed by atoms with Gasteiger partial charge in [-0.25, -0.2) is 0 Å². The first kappa shape index (κ1) is 25.0.